The van der Waals surface area contributed by atoms with Gasteiger partial charge < -0.3 is 15.0 Å². The zero-order valence-electron chi connectivity index (χ0n) is 10.4. The van der Waals surface area contributed by atoms with Crippen LogP contribution in [0, 0.1) is 5.82 Å². The van der Waals surface area contributed by atoms with Crippen molar-refractivity contribution in [2.45, 2.75) is 13.0 Å². The van der Waals surface area contributed by atoms with E-state index >= 15 is 0 Å². The molecule has 0 aromatic heterocycles. The SMILES string of the molecule is C[C@@H]1CNCCN1C(=O)COc1ccccc1F. The molecule has 0 unspecified atom stereocenters. The number of hydrogen-bond donors (Lipinski definition) is 1. The third-order valence-electron chi connectivity index (χ3n) is 3.01. The van der Waals surface area contributed by atoms with Crippen molar-refractivity contribution in [3.8, 4) is 5.75 Å². The molecule has 1 aromatic carbocycles. The number of piperazine rings is 1. The van der Waals surface area contributed by atoms with Crippen molar-refractivity contribution < 1.29 is 13.9 Å². The van der Waals surface area contributed by atoms with Gasteiger partial charge in [-0.1, -0.05) is 12.1 Å². The highest BCUT2D eigenvalue weighted by atomic mass is 19.1. The highest BCUT2D eigenvalue weighted by Crippen LogP contribution is 2.15. The van der Waals surface area contributed by atoms with Crippen LogP contribution >= 0.6 is 0 Å². The lowest BCUT2D eigenvalue weighted by molar-refractivity contribution is -0.136. The number of para-hydroxylation sites is 1. The monoisotopic (exact) mass is 252 g/mol. The lowest BCUT2D eigenvalue weighted by Gasteiger charge is -2.33. The average Bonchev–Trinajstić information content (AvgIpc) is 2.38. The largest absolute Gasteiger partial charge is 0.481 e. The van der Waals surface area contributed by atoms with Crippen molar-refractivity contribution in [1.82, 2.24) is 10.2 Å². The molecule has 1 aromatic rings. The van der Waals surface area contributed by atoms with Crippen LogP contribution in [0.15, 0.2) is 24.3 Å². The summed E-state index contributed by atoms with van der Waals surface area (Å²) in [5.74, 6) is -0.431. The van der Waals surface area contributed by atoms with E-state index in [0.29, 0.717) is 6.54 Å². The minimum atomic E-state index is -0.446. The molecule has 4 nitrogen and oxygen atoms in total. The number of halogens is 1. The summed E-state index contributed by atoms with van der Waals surface area (Å²) in [7, 11) is 0. The number of amides is 1. The summed E-state index contributed by atoms with van der Waals surface area (Å²) in [6.07, 6.45) is 0. The van der Waals surface area contributed by atoms with Crippen LogP contribution < -0.4 is 10.1 Å². The van der Waals surface area contributed by atoms with Crippen LogP contribution in [0.1, 0.15) is 6.92 Å². The van der Waals surface area contributed by atoms with Crippen LogP contribution in [0.25, 0.3) is 0 Å². The van der Waals surface area contributed by atoms with Crippen molar-refractivity contribution in [2.75, 3.05) is 26.2 Å². The number of nitrogens with one attached hydrogen (secondary N) is 1. The van der Waals surface area contributed by atoms with E-state index in [9.17, 15) is 9.18 Å². The molecule has 1 fully saturated rings. The number of carbonyl (C=O) groups is 1. The van der Waals surface area contributed by atoms with Crippen molar-refractivity contribution in [2.24, 2.45) is 0 Å². The Bertz CT molecular complexity index is 425. The van der Waals surface area contributed by atoms with Gasteiger partial charge in [0.2, 0.25) is 0 Å². The summed E-state index contributed by atoms with van der Waals surface area (Å²) in [6.45, 7) is 4.10. The Morgan fingerprint density at radius 2 is 2.33 bits per heavy atom. The molecule has 1 aliphatic rings. The Balaban J connectivity index is 1.90. The quantitative estimate of drug-likeness (QED) is 0.873. The minimum Gasteiger partial charge on any atom is -0.481 e. The first-order valence-electron chi connectivity index (χ1n) is 6.06. The number of hydrogen-bond acceptors (Lipinski definition) is 3. The minimum absolute atomic E-state index is 0.104. The number of rotatable bonds is 3. The summed E-state index contributed by atoms with van der Waals surface area (Å²) in [5, 5.41) is 3.21. The van der Waals surface area contributed by atoms with E-state index in [4.69, 9.17) is 4.74 Å². The molecule has 0 radical (unpaired) electrons. The molecule has 1 aliphatic heterocycles. The van der Waals surface area contributed by atoms with E-state index in [2.05, 4.69) is 5.32 Å². The molecule has 1 atom stereocenters. The van der Waals surface area contributed by atoms with Gasteiger partial charge >= 0.3 is 0 Å². The molecule has 1 N–H and O–H groups in total. The van der Waals surface area contributed by atoms with E-state index in [1.165, 1.54) is 12.1 Å². The van der Waals surface area contributed by atoms with Gasteiger partial charge in [-0.3, -0.25) is 4.79 Å². The van der Waals surface area contributed by atoms with Gasteiger partial charge in [0.05, 0.1) is 0 Å². The Labute approximate surface area is 106 Å². The van der Waals surface area contributed by atoms with Crippen LogP contribution in [0.4, 0.5) is 4.39 Å². The molecule has 1 saturated heterocycles. The highest BCUT2D eigenvalue weighted by molar-refractivity contribution is 5.78. The smallest absolute Gasteiger partial charge is 0.260 e. The summed E-state index contributed by atoms with van der Waals surface area (Å²) >= 11 is 0. The maximum absolute atomic E-state index is 13.3. The van der Waals surface area contributed by atoms with E-state index < -0.39 is 5.82 Å². The van der Waals surface area contributed by atoms with Gasteiger partial charge in [-0.05, 0) is 19.1 Å². The van der Waals surface area contributed by atoms with Crippen molar-refractivity contribution in [3.63, 3.8) is 0 Å². The Hall–Kier alpha value is -1.62. The number of nitrogens with zero attached hydrogens (tertiary/aromatic N) is 1. The Morgan fingerprint density at radius 1 is 1.56 bits per heavy atom. The fraction of sp³-hybridized carbons (Fsp3) is 0.462. The maximum atomic E-state index is 13.3. The predicted molar refractivity (Wildman–Crippen MR) is 65.9 cm³/mol. The first-order chi connectivity index (χ1) is 8.68. The average molecular weight is 252 g/mol. The molecule has 1 heterocycles. The fourth-order valence-corrected chi connectivity index (χ4v) is 2.00. The molecule has 5 heteroatoms. The van der Waals surface area contributed by atoms with Gasteiger partial charge in [-0.15, -0.1) is 0 Å². The fourth-order valence-electron chi connectivity index (χ4n) is 2.00. The molecule has 98 valence electrons. The summed E-state index contributed by atoms with van der Waals surface area (Å²) in [4.78, 5) is 13.7. The molecule has 0 bridgehead atoms. The van der Waals surface area contributed by atoms with Crippen molar-refractivity contribution >= 4 is 5.91 Å². The molecule has 0 aliphatic carbocycles. The third kappa shape index (κ3) is 2.98. The van der Waals surface area contributed by atoms with Gasteiger partial charge in [0.1, 0.15) is 0 Å². The molecular formula is C13H17FN2O2. The molecule has 0 spiro atoms. The number of carbonyl (C=O) groups excluding carboxylic acids is 1. The first-order valence-corrected chi connectivity index (χ1v) is 6.06. The van der Waals surface area contributed by atoms with Gasteiger partial charge in [-0.25, -0.2) is 4.39 Å². The molecule has 2 rings (SSSR count). The van der Waals surface area contributed by atoms with E-state index in [1.807, 2.05) is 6.92 Å². The standard InChI is InChI=1S/C13H17FN2O2/c1-10-8-15-6-7-16(10)13(17)9-18-12-5-3-2-4-11(12)14/h2-5,10,15H,6-9H2,1H3/t10-/m1/s1. The van der Waals surface area contributed by atoms with Crippen LogP contribution in [0.5, 0.6) is 5.75 Å². The van der Waals surface area contributed by atoms with E-state index in [1.54, 1.807) is 17.0 Å². The Morgan fingerprint density at radius 3 is 3.06 bits per heavy atom. The summed E-state index contributed by atoms with van der Waals surface area (Å²) in [5.41, 5.74) is 0. The van der Waals surface area contributed by atoms with Gasteiger partial charge in [0.25, 0.3) is 5.91 Å². The summed E-state index contributed by atoms with van der Waals surface area (Å²) in [6, 6.07) is 6.24. The van der Waals surface area contributed by atoms with Gasteiger partial charge in [0, 0.05) is 25.7 Å². The normalized spacial score (nSPS) is 19.7. The molecular weight excluding hydrogens is 235 g/mol. The third-order valence-corrected chi connectivity index (χ3v) is 3.01. The predicted octanol–water partition coefficient (Wildman–Crippen LogP) is 1.02. The lowest BCUT2D eigenvalue weighted by atomic mass is 10.2. The van der Waals surface area contributed by atoms with Crippen molar-refractivity contribution in [1.29, 1.82) is 0 Å². The molecule has 0 saturated carbocycles. The second-order valence-corrected chi connectivity index (χ2v) is 4.36. The van der Waals surface area contributed by atoms with Crippen LogP contribution in [-0.2, 0) is 4.79 Å². The van der Waals surface area contributed by atoms with Gasteiger partial charge in [-0.2, -0.15) is 0 Å². The number of ether oxygens (including phenoxy) is 1. The Kier molecular flexibility index (Phi) is 4.15. The first kappa shape index (κ1) is 12.8. The number of benzene rings is 1. The topological polar surface area (TPSA) is 41.6 Å². The second kappa shape index (κ2) is 5.82. The van der Waals surface area contributed by atoms with E-state index in [0.717, 1.165) is 13.1 Å². The summed E-state index contributed by atoms with van der Waals surface area (Å²) < 4.78 is 18.5. The lowest BCUT2D eigenvalue weighted by Crippen LogP contribution is -2.53. The van der Waals surface area contributed by atoms with E-state index in [-0.39, 0.29) is 24.3 Å². The zero-order chi connectivity index (χ0) is 13.0. The molecule has 1 amide bonds. The van der Waals surface area contributed by atoms with Gasteiger partial charge in [0.15, 0.2) is 18.2 Å². The molecule has 18 heavy (non-hydrogen) atoms. The van der Waals surface area contributed by atoms with Crippen LogP contribution in [0.3, 0.4) is 0 Å². The maximum Gasteiger partial charge on any atom is 0.260 e. The van der Waals surface area contributed by atoms with Crippen LogP contribution in [-0.4, -0.2) is 43.1 Å². The van der Waals surface area contributed by atoms with Crippen LogP contribution in [0.2, 0.25) is 0 Å². The highest BCUT2D eigenvalue weighted by Gasteiger charge is 2.23. The van der Waals surface area contributed by atoms with Crippen molar-refractivity contribution in [3.05, 3.63) is 30.1 Å². The zero-order valence-corrected chi connectivity index (χ0v) is 10.4. The second-order valence-electron chi connectivity index (χ2n) is 4.36.